The molecule has 0 aliphatic carbocycles. The van der Waals surface area contributed by atoms with Gasteiger partial charge >= 0.3 is 0 Å². The van der Waals surface area contributed by atoms with E-state index in [1.165, 1.54) is 38.5 Å². The number of hydrogen-bond donors (Lipinski definition) is 0. The van der Waals surface area contributed by atoms with Crippen molar-refractivity contribution in [1.82, 2.24) is 4.31 Å². The van der Waals surface area contributed by atoms with Crippen LogP contribution in [0.5, 0.6) is 23.0 Å². The first-order valence-corrected chi connectivity index (χ1v) is 13.0. The number of sulfone groups is 1. The minimum absolute atomic E-state index is 0.0650. The number of rotatable bonds is 8. The van der Waals surface area contributed by atoms with Crippen molar-refractivity contribution in [3.63, 3.8) is 0 Å². The SMILES string of the molecule is COc1ccc(S(=O)(=O)C2CN(S(=O)(=O)c3ccc(Oc4ccccc4OC)cc3)C2)cc1. The zero-order valence-electron chi connectivity index (χ0n) is 18.0. The van der Waals surface area contributed by atoms with Crippen LogP contribution in [0.25, 0.3) is 0 Å². The Labute approximate surface area is 193 Å². The first-order valence-electron chi connectivity index (χ1n) is 10.0. The fourth-order valence-electron chi connectivity index (χ4n) is 3.41. The van der Waals surface area contributed by atoms with Gasteiger partial charge in [-0.3, -0.25) is 0 Å². The van der Waals surface area contributed by atoms with Crippen molar-refractivity contribution in [2.45, 2.75) is 15.0 Å². The maximum atomic E-state index is 12.9. The molecular formula is C23H23NO7S2. The summed E-state index contributed by atoms with van der Waals surface area (Å²) in [5.41, 5.74) is 0. The Kier molecular flexibility index (Phi) is 6.33. The summed E-state index contributed by atoms with van der Waals surface area (Å²) in [7, 11) is -4.44. The van der Waals surface area contributed by atoms with E-state index in [2.05, 4.69) is 0 Å². The number of benzene rings is 3. The van der Waals surface area contributed by atoms with Crippen LogP contribution in [0.4, 0.5) is 0 Å². The molecular weight excluding hydrogens is 466 g/mol. The second-order valence-electron chi connectivity index (χ2n) is 7.39. The molecule has 0 bridgehead atoms. The maximum Gasteiger partial charge on any atom is 0.243 e. The Morgan fingerprint density at radius 2 is 1.24 bits per heavy atom. The van der Waals surface area contributed by atoms with Gasteiger partial charge in [0.2, 0.25) is 10.0 Å². The van der Waals surface area contributed by atoms with Gasteiger partial charge in [0.1, 0.15) is 11.5 Å². The third kappa shape index (κ3) is 4.54. The molecule has 3 aromatic carbocycles. The van der Waals surface area contributed by atoms with Crippen LogP contribution in [0, 0.1) is 0 Å². The average molecular weight is 490 g/mol. The Morgan fingerprint density at radius 1 is 0.697 bits per heavy atom. The van der Waals surface area contributed by atoms with Crippen LogP contribution in [0.15, 0.2) is 82.6 Å². The van der Waals surface area contributed by atoms with Gasteiger partial charge in [-0.05, 0) is 60.7 Å². The van der Waals surface area contributed by atoms with Crippen molar-refractivity contribution in [2.75, 3.05) is 27.3 Å². The molecule has 3 aromatic rings. The Bertz CT molecular complexity index is 1330. The molecule has 0 atom stereocenters. The van der Waals surface area contributed by atoms with Gasteiger partial charge in [0, 0.05) is 13.1 Å². The summed E-state index contributed by atoms with van der Waals surface area (Å²) < 4.78 is 68.7. The topological polar surface area (TPSA) is 99.2 Å². The highest BCUT2D eigenvalue weighted by atomic mass is 32.2. The molecule has 0 aromatic heterocycles. The van der Waals surface area contributed by atoms with Crippen LogP contribution in [-0.4, -0.2) is 53.7 Å². The quantitative estimate of drug-likeness (QED) is 0.478. The molecule has 4 rings (SSSR count). The van der Waals surface area contributed by atoms with E-state index in [0.29, 0.717) is 23.0 Å². The average Bonchev–Trinajstić information content (AvgIpc) is 2.78. The van der Waals surface area contributed by atoms with Crippen molar-refractivity contribution in [2.24, 2.45) is 0 Å². The third-order valence-electron chi connectivity index (χ3n) is 5.40. The molecule has 0 unspecified atom stereocenters. The van der Waals surface area contributed by atoms with Crippen LogP contribution in [0.3, 0.4) is 0 Å². The summed E-state index contributed by atoms with van der Waals surface area (Å²) in [5, 5.41) is -0.797. The van der Waals surface area contributed by atoms with Crippen molar-refractivity contribution in [3.05, 3.63) is 72.8 Å². The summed E-state index contributed by atoms with van der Waals surface area (Å²) in [6.07, 6.45) is 0. The van der Waals surface area contributed by atoms with Gasteiger partial charge in [0.25, 0.3) is 0 Å². The molecule has 1 aliphatic rings. The van der Waals surface area contributed by atoms with Gasteiger partial charge < -0.3 is 14.2 Å². The zero-order chi connectivity index (χ0) is 23.6. The van der Waals surface area contributed by atoms with E-state index in [0.717, 1.165) is 4.31 Å². The molecule has 33 heavy (non-hydrogen) atoms. The lowest BCUT2D eigenvalue weighted by molar-refractivity contribution is 0.309. The second-order valence-corrected chi connectivity index (χ2v) is 11.6. The van der Waals surface area contributed by atoms with E-state index in [4.69, 9.17) is 14.2 Å². The lowest BCUT2D eigenvalue weighted by atomic mass is 10.3. The highest BCUT2D eigenvalue weighted by Crippen LogP contribution is 2.33. The van der Waals surface area contributed by atoms with E-state index in [1.807, 2.05) is 6.07 Å². The minimum Gasteiger partial charge on any atom is -0.497 e. The molecule has 0 amide bonds. The third-order valence-corrected chi connectivity index (χ3v) is 9.35. The van der Waals surface area contributed by atoms with Crippen molar-refractivity contribution >= 4 is 19.9 Å². The molecule has 1 aliphatic heterocycles. The standard InChI is InChI=1S/C23H23NO7S2/c1-29-17-7-11-19(12-8-17)32(25,26)21-15-24(16-21)33(27,28)20-13-9-18(10-14-20)31-23-6-4-3-5-22(23)30-2/h3-14,21H,15-16H2,1-2H3. The number of ether oxygens (including phenoxy) is 3. The van der Waals surface area contributed by atoms with Crippen molar-refractivity contribution in [3.8, 4) is 23.0 Å². The normalized spacial score (nSPS) is 15.0. The Hall–Kier alpha value is -3.08. The van der Waals surface area contributed by atoms with Gasteiger partial charge in [0.05, 0.1) is 29.3 Å². The Balaban J connectivity index is 1.44. The summed E-state index contributed by atoms with van der Waals surface area (Å²) >= 11 is 0. The van der Waals surface area contributed by atoms with Crippen LogP contribution in [-0.2, 0) is 19.9 Å². The first kappa shape index (κ1) is 23.1. The molecule has 0 spiro atoms. The lowest BCUT2D eigenvalue weighted by Crippen LogP contribution is -2.56. The fraction of sp³-hybridized carbons (Fsp3) is 0.217. The highest BCUT2D eigenvalue weighted by Gasteiger charge is 2.44. The monoisotopic (exact) mass is 489 g/mol. The van der Waals surface area contributed by atoms with Crippen molar-refractivity contribution < 1.29 is 31.0 Å². The number of methoxy groups -OCH3 is 2. The van der Waals surface area contributed by atoms with E-state index < -0.39 is 25.1 Å². The molecule has 0 saturated carbocycles. The molecule has 0 N–H and O–H groups in total. The smallest absolute Gasteiger partial charge is 0.243 e. The van der Waals surface area contributed by atoms with Crippen LogP contribution < -0.4 is 14.2 Å². The first-order chi connectivity index (χ1) is 15.8. The van der Waals surface area contributed by atoms with Gasteiger partial charge in [-0.1, -0.05) is 12.1 Å². The highest BCUT2D eigenvalue weighted by molar-refractivity contribution is 7.92. The number of para-hydroxylation sites is 2. The summed E-state index contributed by atoms with van der Waals surface area (Å²) in [6, 6.07) is 19.1. The molecule has 1 fully saturated rings. The van der Waals surface area contributed by atoms with Gasteiger partial charge in [-0.2, -0.15) is 4.31 Å². The lowest BCUT2D eigenvalue weighted by Gasteiger charge is -2.37. The van der Waals surface area contributed by atoms with E-state index in [9.17, 15) is 16.8 Å². The number of nitrogens with zero attached hydrogens (tertiary/aromatic N) is 1. The Morgan fingerprint density at radius 3 is 1.82 bits per heavy atom. The van der Waals surface area contributed by atoms with Crippen LogP contribution >= 0.6 is 0 Å². The predicted molar refractivity (Wildman–Crippen MR) is 122 cm³/mol. The second kappa shape index (κ2) is 9.05. The molecule has 8 nitrogen and oxygen atoms in total. The van der Waals surface area contributed by atoms with E-state index >= 15 is 0 Å². The minimum atomic E-state index is -3.82. The maximum absolute atomic E-state index is 12.9. The van der Waals surface area contributed by atoms with Gasteiger partial charge in [-0.15, -0.1) is 0 Å². The zero-order valence-corrected chi connectivity index (χ0v) is 19.7. The van der Waals surface area contributed by atoms with Crippen LogP contribution in [0.1, 0.15) is 0 Å². The molecule has 0 radical (unpaired) electrons. The van der Waals surface area contributed by atoms with Gasteiger partial charge in [-0.25, -0.2) is 16.8 Å². The largest absolute Gasteiger partial charge is 0.497 e. The summed E-state index contributed by atoms with van der Waals surface area (Å²) in [6.45, 7) is -0.202. The molecule has 1 heterocycles. The molecule has 1 saturated heterocycles. The molecule has 10 heteroatoms. The van der Waals surface area contributed by atoms with E-state index in [-0.39, 0.29) is 22.9 Å². The fourth-order valence-corrected chi connectivity index (χ4v) is 6.78. The molecule has 174 valence electrons. The predicted octanol–water partition coefficient (Wildman–Crippen LogP) is 3.34. The summed E-state index contributed by atoms with van der Waals surface area (Å²) in [4.78, 5) is 0.207. The van der Waals surface area contributed by atoms with E-state index in [1.54, 1.807) is 42.5 Å². The number of hydrogen-bond acceptors (Lipinski definition) is 7. The number of sulfonamides is 1. The van der Waals surface area contributed by atoms with Crippen LogP contribution in [0.2, 0.25) is 0 Å². The van der Waals surface area contributed by atoms with Gasteiger partial charge in [0.15, 0.2) is 21.3 Å². The summed E-state index contributed by atoms with van der Waals surface area (Å²) in [5.74, 6) is 2.05. The van der Waals surface area contributed by atoms with Crippen molar-refractivity contribution in [1.29, 1.82) is 0 Å².